The van der Waals surface area contributed by atoms with E-state index in [2.05, 4.69) is 9.97 Å². The summed E-state index contributed by atoms with van der Waals surface area (Å²) in [4.78, 5) is 31.7. The number of carbonyl (C=O) groups is 2. The number of esters is 1. The molecule has 2 rings (SSSR count). The van der Waals surface area contributed by atoms with Crippen molar-refractivity contribution < 1.29 is 14.3 Å². The Labute approximate surface area is 99.0 Å². The number of imidazole rings is 1. The van der Waals surface area contributed by atoms with Crippen LogP contribution in [0.5, 0.6) is 0 Å². The van der Waals surface area contributed by atoms with Crippen molar-refractivity contribution in [3.8, 4) is 0 Å². The Kier molecular flexibility index (Phi) is 3.12. The van der Waals surface area contributed by atoms with Gasteiger partial charge in [0.15, 0.2) is 0 Å². The number of aromatic nitrogens is 2. The summed E-state index contributed by atoms with van der Waals surface area (Å²) in [7, 11) is 1.37. The molecule has 1 amide bonds. The molecule has 0 aliphatic carbocycles. The minimum atomic E-state index is -0.252. The molecule has 17 heavy (non-hydrogen) atoms. The summed E-state index contributed by atoms with van der Waals surface area (Å²) in [5, 5.41) is 0. The van der Waals surface area contributed by atoms with Crippen molar-refractivity contribution in [3.63, 3.8) is 0 Å². The molecule has 0 radical (unpaired) electrons. The summed E-state index contributed by atoms with van der Waals surface area (Å²) in [6.07, 6.45) is 2.95. The molecule has 0 aromatic carbocycles. The predicted octanol–water partition coefficient (Wildman–Crippen LogP) is 0.291. The van der Waals surface area contributed by atoms with Gasteiger partial charge in [-0.05, 0) is 5.92 Å². The van der Waals surface area contributed by atoms with Crippen LogP contribution in [-0.4, -0.2) is 46.9 Å². The first-order chi connectivity index (χ1) is 8.13. The van der Waals surface area contributed by atoms with Gasteiger partial charge in [-0.3, -0.25) is 9.59 Å². The fourth-order valence-corrected chi connectivity index (χ4v) is 2.13. The normalized spacial score (nSPS) is 23.8. The quantitative estimate of drug-likeness (QED) is 0.750. The van der Waals surface area contributed by atoms with Crippen molar-refractivity contribution in [1.82, 2.24) is 14.9 Å². The van der Waals surface area contributed by atoms with Crippen LogP contribution in [0.1, 0.15) is 17.4 Å². The summed E-state index contributed by atoms with van der Waals surface area (Å²) in [5.74, 6) is -0.487. The molecular weight excluding hydrogens is 222 g/mol. The predicted molar refractivity (Wildman–Crippen MR) is 59.2 cm³/mol. The van der Waals surface area contributed by atoms with Gasteiger partial charge in [-0.2, -0.15) is 0 Å². The SMILES string of the molecule is COC(=O)C1CN(C(=O)c2cnc[nH]2)CC1C. The van der Waals surface area contributed by atoms with E-state index in [4.69, 9.17) is 4.74 Å². The van der Waals surface area contributed by atoms with Gasteiger partial charge in [-0.15, -0.1) is 0 Å². The van der Waals surface area contributed by atoms with Crippen molar-refractivity contribution in [2.75, 3.05) is 20.2 Å². The highest BCUT2D eigenvalue weighted by atomic mass is 16.5. The first kappa shape index (κ1) is 11.6. The number of amides is 1. The standard InChI is InChI=1S/C11H15N3O3/c1-7-4-14(5-8(7)11(16)17-2)10(15)9-3-12-6-13-9/h3,6-8H,4-5H2,1-2H3,(H,12,13). The Bertz CT molecular complexity index is 416. The molecule has 0 bridgehead atoms. The van der Waals surface area contributed by atoms with Gasteiger partial charge >= 0.3 is 5.97 Å². The molecule has 2 unspecified atom stereocenters. The second kappa shape index (κ2) is 4.57. The number of carbonyl (C=O) groups excluding carboxylic acids is 2. The van der Waals surface area contributed by atoms with Crippen molar-refractivity contribution in [3.05, 3.63) is 18.2 Å². The summed E-state index contributed by atoms with van der Waals surface area (Å²) in [6.45, 7) is 2.92. The number of H-pyrrole nitrogens is 1. The molecule has 6 heteroatoms. The van der Waals surface area contributed by atoms with E-state index in [0.29, 0.717) is 18.8 Å². The Morgan fingerprint density at radius 3 is 2.88 bits per heavy atom. The van der Waals surface area contributed by atoms with Crippen LogP contribution < -0.4 is 0 Å². The molecule has 92 valence electrons. The minimum absolute atomic E-state index is 0.120. The number of rotatable bonds is 2. The van der Waals surface area contributed by atoms with Crippen LogP contribution >= 0.6 is 0 Å². The first-order valence-corrected chi connectivity index (χ1v) is 5.49. The molecule has 1 aromatic rings. The van der Waals surface area contributed by atoms with E-state index in [9.17, 15) is 9.59 Å². The Balaban J connectivity index is 2.06. The molecule has 1 saturated heterocycles. The zero-order valence-electron chi connectivity index (χ0n) is 9.84. The average Bonchev–Trinajstić information content (AvgIpc) is 2.96. The van der Waals surface area contributed by atoms with E-state index in [-0.39, 0.29) is 23.7 Å². The molecule has 1 aliphatic heterocycles. The van der Waals surface area contributed by atoms with Crippen LogP contribution in [-0.2, 0) is 9.53 Å². The van der Waals surface area contributed by atoms with Crippen LogP contribution in [0.2, 0.25) is 0 Å². The molecule has 2 atom stereocenters. The molecule has 2 heterocycles. The Morgan fingerprint density at radius 2 is 2.29 bits per heavy atom. The van der Waals surface area contributed by atoms with Crippen LogP contribution in [0.4, 0.5) is 0 Å². The lowest BCUT2D eigenvalue weighted by atomic mass is 9.99. The van der Waals surface area contributed by atoms with Crippen LogP contribution in [0.15, 0.2) is 12.5 Å². The first-order valence-electron chi connectivity index (χ1n) is 5.49. The third kappa shape index (κ3) is 2.15. The fourth-order valence-electron chi connectivity index (χ4n) is 2.13. The lowest BCUT2D eigenvalue weighted by Gasteiger charge is -2.14. The van der Waals surface area contributed by atoms with Gasteiger partial charge in [-0.1, -0.05) is 6.92 Å². The number of nitrogens with one attached hydrogen (secondary N) is 1. The van der Waals surface area contributed by atoms with Gasteiger partial charge in [0.05, 0.1) is 25.6 Å². The molecular formula is C11H15N3O3. The topological polar surface area (TPSA) is 75.3 Å². The number of hydrogen-bond acceptors (Lipinski definition) is 4. The number of likely N-dealkylation sites (tertiary alicyclic amines) is 1. The molecule has 1 fully saturated rings. The van der Waals surface area contributed by atoms with Crippen LogP contribution in [0.3, 0.4) is 0 Å². The average molecular weight is 237 g/mol. The number of ether oxygens (including phenoxy) is 1. The minimum Gasteiger partial charge on any atom is -0.469 e. The number of methoxy groups -OCH3 is 1. The maximum atomic E-state index is 12.0. The van der Waals surface area contributed by atoms with E-state index in [1.165, 1.54) is 19.6 Å². The molecule has 1 N–H and O–H groups in total. The van der Waals surface area contributed by atoms with E-state index >= 15 is 0 Å². The number of nitrogens with zero attached hydrogens (tertiary/aromatic N) is 2. The van der Waals surface area contributed by atoms with Crippen molar-refractivity contribution >= 4 is 11.9 Å². The third-order valence-corrected chi connectivity index (χ3v) is 3.13. The molecule has 1 aliphatic rings. The number of aromatic amines is 1. The van der Waals surface area contributed by atoms with Crippen molar-refractivity contribution in [1.29, 1.82) is 0 Å². The highest BCUT2D eigenvalue weighted by Crippen LogP contribution is 2.25. The van der Waals surface area contributed by atoms with Crippen molar-refractivity contribution in [2.24, 2.45) is 11.8 Å². The molecule has 0 saturated carbocycles. The van der Waals surface area contributed by atoms with E-state index in [1.807, 2.05) is 6.92 Å². The lowest BCUT2D eigenvalue weighted by Crippen LogP contribution is -2.30. The van der Waals surface area contributed by atoms with Gasteiger partial charge in [0, 0.05) is 13.1 Å². The van der Waals surface area contributed by atoms with Crippen LogP contribution in [0.25, 0.3) is 0 Å². The molecule has 6 nitrogen and oxygen atoms in total. The second-order valence-electron chi connectivity index (χ2n) is 4.28. The lowest BCUT2D eigenvalue weighted by molar-refractivity contribution is -0.146. The second-order valence-corrected chi connectivity index (χ2v) is 4.28. The van der Waals surface area contributed by atoms with E-state index < -0.39 is 0 Å². The summed E-state index contributed by atoms with van der Waals surface area (Å²) in [5.41, 5.74) is 0.447. The van der Waals surface area contributed by atoms with Gasteiger partial charge in [0.1, 0.15) is 5.69 Å². The Morgan fingerprint density at radius 1 is 1.53 bits per heavy atom. The smallest absolute Gasteiger partial charge is 0.310 e. The van der Waals surface area contributed by atoms with E-state index in [1.54, 1.807) is 4.90 Å². The maximum absolute atomic E-state index is 12.0. The zero-order valence-corrected chi connectivity index (χ0v) is 9.84. The van der Waals surface area contributed by atoms with Gasteiger partial charge in [0.2, 0.25) is 0 Å². The van der Waals surface area contributed by atoms with Gasteiger partial charge in [0.25, 0.3) is 5.91 Å². The fraction of sp³-hybridized carbons (Fsp3) is 0.545. The van der Waals surface area contributed by atoms with Crippen LogP contribution in [0, 0.1) is 11.8 Å². The summed E-state index contributed by atoms with van der Waals surface area (Å²) in [6, 6.07) is 0. The highest BCUT2D eigenvalue weighted by molar-refractivity contribution is 5.92. The molecule has 0 spiro atoms. The monoisotopic (exact) mass is 237 g/mol. The largest absolute Gasteiger partial charge is 0.469 e. The number of hydrogen-bond donors (Lipinski definition) is 1. The third-order valence-electron chi connectivity index (χ3n) is 3.13. The van der Waals surface area contributed by atoms with Gasteiger partial charge < -0.3 is 14.6 Å². The summed E-state index contributed by atoms with van der Waals surface area (Å²) < 4.78 is 4.73. The zero-order chi connectivity index (χ0) is 12.4. The maximum Gasteiger partial charge on any atom is 0.310 e. The highest BCUT2D eigenvalue weighted by Gasteiger charge is 2.38. The van der Waals surface area contributed by atoms with Gasteiger partial charge in [-0.25, -0.2) is 4.98 Å². The van der Waals surface area contributed by atoms with Crippen molar-refractivity contribution in [2.45, 2.75) is 6.92 Å². The van der Waals surface area contributed by atoms with E-state index in [0.717, 1.165) is 0 Å². The molecule has 1 aromatic heterocycles. The summed E-state index contributed by atoms with van der Waals surface area (Å²) >= 11 is 0. The Hall–Kier alpha value is -1.85.